The van der Waals surface area contributed by atoms with E-state index in [1.165, 1.54) is 0 Å². The fraction of sp³-hybridized carbons (Fsp3) is 1.00. The van der Waals surface area contributed by atoms with Crippen molar-refractivity contribution < 1.29 is 0 Å². The number of hydrogen-bond donors (Lipinski definition) is 0. The molecule has 0 aliphatic heterocycles. The summed E-state index contributed by atoms with van der Waals surface area (Å²) in [6, 6.07) is 0. The van der Waals surface area contributed by atoms with Gasteiger partial charge in [-0.3, -0.25) is 0 Å². The Bertz CT molecular complexity index is 560. The average Bonchev–Trinajstić information content (AvgIpc) is 2.49. The Labute approximate surface area is 117 Å². The molecule has 19 heavy (non-hydrogen) atoms. The quantitative estimate of drug-likeness (QED) is 0.579. The third-order valence-electron chi connectivity index (χ3n) is 11.7. The molecule has 0 saturated heterocycles. The summed E-state index contributed by atoms with van der Waals surface area (Å²) in [6.07, 6.45) is 7.99. The topological polar surface area (TPSA) is 0 Å². The average molecular weight is 256 g/mol. The lowest BCUT2D eigenvalue weighted by Crippen LogP contribution is -2.82. The monoisotopic (exact) mass is 256 g/mol. The van der Waals surface area contributed by atoms with Crippen molar-refractivity contribution in [3.05, 3.63) is 0 Å². The van der Waals surface area contributed by atoms with E-state index in [9.17, 15) is 0 Å². The van der Waals surface area contributed by atoms with Crippen LogP contribution in [0.2, 0.25) is 0 Å². The minimum Gasteiger partial charge on any atom is -0.0614 e. The first-order valence-electron chi connectivity index (χ1n) is 8.72. The first-order valence-corrected chi connectivity index (χ1v) is 8.72. The molecule has 0 aromatic rings. The van der Waals surface area contributed by atoms with Crippen molar-refractivity contribution in [2.45, 2.75) is 66.7 Å². The summed E-state index contributed by atoms with van der Waals surface area (Å²) in [4.78, 5) is 0. The van der Waals surface area contributed by atoms with E-state index in [2.05, 4.69) is 34.6 Å². The van der Waals surface area contributed by atoms with Crippen molar-refractivity contribution in [1.29, 1.82) is 0 Å². The van der Waals surface area contributed by atoms with Crippen LogP contribution in [0.4, 0.5) is 0 Å². The molecule has 7 fully saturated rings. The molecule has 7 aliphatic carbocycles. The predicted octanol–water partition coefficient (Wildman–Crippen LogP) is 4.89. The van der Waals surface area contributed by atoms with Gasteiger partial charge in [-0.15, -0.1) is 0 Å². The van der Waals surface area contributed by atoms with E-state index in [0.29, 0.717) is 21.7 Å². The molecule has 0 nitrogen and oxygen atoms in total. The summed E-state index contributed by atoms with van der Waals surface area (Å²) < 4.78 is 0. The van der Waals surface area contributed by atoms with Crippen LogP contribution < -0.4 is 0 Å². The van der Waals surface area contributed by atoms with E-state index in [-0.39, 0.29) is 0 Å². The maximum Gasteiger partial charge on any atom is -0.0152 e. The van der Waals surface area contributed by atoms with Crippen molar-refractivity contribution >= 4 is 0 Å². The predicted molar refractivity (Wildman–Crippen MR) is 76.5 cm³/mol. The molecule has 7 saturated carbocycles. The van der Waals surface area contributed by atoms with Gasteiger partial charge >= 0.3 is 0 Å². The van der Waals surface area contributed by atoms with Gasteiger partial charge < -0.3 is 0 Å². The van der Waals surface area contributed by atoms with E-state index in [1.54, 1.807) is 32.1 Å². The molecule has 7 aliphatic rings. The summed E-state index contributed by atoms with van der Waals surface area (Å²) in [5, 5.41) is 0. The molecule has 0 heterocycles. The van der Waals surface area contributed by atoms with E-state index < -0.39 is 0 Å². The molecule has 0 N–H and O–H groups in total. The van der Waals surface area contributed by atoms with Crippen molar-refractivity contribution in [1.82, 2.24) is 0 Å². The second-order valence-corrected chi connectivity index (χ2v) is 10.6. The number of rotatable bonds is 0. The second kappa shape index (κ2) is 2.08. The number of hydrogen-bond acceptors (Lipinski definition) is 0. The van der Waals surface area contributed by atoms with E-state index >= 15 is 0 Å². The molecule has 0 radical (unpaired) electrons. The molecule has 0 aromatic heterocycles. The van der Waals surface area contributed by atoms with E-state index in [1.807, 2.05) is 0 Å². The minimum atomic E-state index is 0.679. The molecular weight excluding hydrogens is 228 g/mol. The molecule has 2 spiro atoms. The van der Waals surface area contributed by atoms with Crippen LogP contribution in [-0.2, 0) is 0 Å². The molecule has 104 valence electrons. The summed E-state index contributed by atoms with van der Waals surface area (Å²) in [5.74, 6) is 3.18. The second-order valence-electron chi connectivity index (χ2n) is 10.6. The molecular formula is C19H28. The van der Waals surface area contributed by atoms with Gasteiger partial charge in [0.05, 0.1) is 0 Å². The van der Waals surface area contributed by atoms with Crippen molar-refractivity contribution in [3.8, 4) is 0 Å². The van der Waals surface area contributed by atoms with Gasteiger partial charge in [0, 0.05) is 0 Å². The molecule has 0 amide bonds. The van der Waals surface area contributed by atoms with Crippen LogP contribution >= 0.6 is 0 Å². The van der Waals surface area contributed by atoms with Gasteiger partial charge in [0.15, 0.2) is 0 Å². The lowest BCUT2D eigenvalue weighted by atomic mass is 9.16. The maximum absolute atomic E-state index is 2.74. The fourth-order valence-corrected chi connectivity index (χ4v) is 11.0. The standard InChI is InChI=1S/C19H28/c1-11-16(4)13-8-18(11)6-12-7-19(13)10-14(2,17(16,19)5)9-15(12,18)3/h11-13H,6-10H2,1-5H3. The Balaban J connectivity index is 1.77. The summed E-state index contributed by atoms with van der Waals surface area (Å²) in [5.41, 5.74) is 4.31. The van der Waals surface area contributed by atoms with Gasteiger partial charge in [-0.05, 0) is 82.3 Å². The SMILES string of the molecule is CC1C23CC4CC56CC(C)(CC42C)C5(C)C1(C)C6C3. The van der Waals surface area contributed by atoms with Crippen LogP contribution in [0.1, 0.15) is 66.7 Å². The van der Waals surface area contributed by atoms with Crippen LogP contribution in [-0.4, -0.2) is 0 Å². The van der Waals surface area contributed by atoms with Gasteiger partial charge in [-0.2, -0.15) is 0 Å². The van der Waals surface area contributed by atoms with Crippen molar-refractivity contribution in [2.75, 3.05) is 0 Å². The first kappa shape index (κ1) is 10.7. The van der Waals surface area contributed by atoms with Gasteiger partial charge in [0.25, 0.3) is 0 Å². The largest absolute Gasteiger partial charge is 0.0614 e. The normalized spacial score (nSPS) is 84.8. The molecule has 0 aromatic carbocycles. The lowest BCUT2D eigenvalue weighted by molar-refractivity contribution is -0.401. The van der Waals surface area contributed by atoms with Crippen LogP contribution in [0.3, 0.4) is 0 Å². The Morgan fingerprint density at radius 1 is 0.842 bits per heavy atom. The summed E-state index contributed by atoms with van der Waals surface area (Å²) in [6.45, 7) is 13.5. The first-order chi connectivity index (χ1) is 8.72. The lowest BCUT2D eigenvalue weighted by Gasteiger charge is -2.87. The third-order valence-corrected chi connectivity index (χ3v) is 11.7. The molecule has 9 unspecified atom stereocenters. The van der Waals surface area contributed by atoms with Gasteiger partial charge in [-0.25, -0.2) is 0 Å². The van der Waals surface area contributed by atoms with Gasteiger partial charge in [-0.1, -0.05) is 34.6 Å². The Morgan fingerprint density at radius 3 is 2.26 bits per heavy atom. The molecule has 7 rings (SSSR count). The molecule has 0 heteroatoms. The molecule has 7 bridgehead atoms. The minimum absolute atomic E-state index is 0.679. The van der Waals surface area contributed by atoms with Gasteiger partial charge in [0.2, 0.25) is 0 Å². The molecule has 9 atom stereocenters. The van der Waals surface area contributed by atoms with Gasteiger partial charge in [0.1, 0.15) is 0 Å². The van der Waals surface area contributed by atoms with Crippen molar-refractivity contribution in [3.63, 3.8) is 0 Å². The maximum atomic E-state index is 2.74. The smallest absolute Gasteiger partial charge is 0.0152 e. The van der Waals surface area contributed by atoms with Crippen LogP contribution in [0, 0.1) is 50.2 Å². The zero-order valence-corrected chi connectivity index (χ0v) is 13.3. The Morgan fingerprint density at radius 2 is 1.53 bits per heavy atom. The zero-order chi connectivity index (χ0) is 13.3. The zero-order valence-electron chi connectivity index (χ0n) is 13.3. The summed E-state index contributed by atoms with van der Waals surface area (Å²) >= 11 is 0. The summed E-state index contributed by atoms with van der Waals surface area (Å²) in [7, 11) is 0. The third kappa shape index (κ3) is 0.533. The van der Waals surface area contributed by atoms with E-state index in [0.717, 1.165) is 28.6 Å². The Hall–Kier alpha value is 0. The van der Waals surface area contributed by atoms with Crippen molar-refractivity contribution in [2.24, 2.45) is 50.2 Å². The van der Waals surface area contributed by atoms with Crippen LogP contribution in [0.5, 0.6) is 0 Å². The van der Waals surface area contributed by atoms with Crippen LogP contribution in [0.25, 0.3) is 0 Å². The Kier molecular flexibility index (Phi) is 1.17. The highest BCUT2D eigenvalue weighted by Gasteiger charge is 2.97. The highest BCUT2D eigenvalue weighted by Crippen LogP contribution is 3.04. The fourth-order valence-electron chi connectivity index (χ4n) is 11.0. The van der Waals surface area contributed by atoms with E-state index in [4.69, 9.17) is 0 Å². The van der Waals surface area contributed by atoms with Crippen LogP contribution in [0.15, 0.2) is 0 Å². The highest BCUT2D eigenvalue weighted by molar-refractivity contribution is 5.45. The highest BCUT2D eigenvalue weighted by atomic mass is 15.0.